The molecule has 0 bridgehead atoms. The SMILES string of the molecule is COC(=O)c1ccc2nc(CN3CCC(c4cccc(OCc5nc6c(F)cc(C#N)cc6s5)n4)CC3)n(CC3=C(Br)NCS3)c2c1. The van der Waals surface area contributed by atoms with Gasteiger partial charge in [0.2, 0.25) is 5.88 Å². The van der Waals surface area contributed by atoms with Crippen molar-refractivity contribution in [3.8, 4) is 11.9 Å². The van der Waals surface area contributed by atoms with E-state index >= 15 is 0 Å². The second-order valence-corrected chi connectivity index (χ2v) is 14.3. The molecule has 1 N–H and O–H groups in total. The highest BCUT2D eigenvalue weighted by Gasteiger charge is 2.25. The maximum atomic E-state index is 14.3. The Morgan fingerprint density at radius 3 is 2.77 bits per heavy atom. The number of nitrogens with zero attached hydrogens (tertiary/aromatic N) is 6. The predicted molar refractivity (Wildman–Crippen MR) is 183 cm³/mol. The van der Waals surface area contributed by atoms with Crippen molar-refractivity contribution in [3.63, 3.8) is 0 Å². The number of benzene rings is 2. The normalized spacial score (nSPS) is 15.7. The highest BCUT2D eigenvalue weighted by Crippen LogP contribution is 2.33. The molecule has 2 aliphatic heterocycles. The van der Waals surface area contributed by atoms with Gasteiger partial charge in [-0.15, -0.1) is 23.1 Å². The largest absolute Gasteiger partial charge is 0.470 e. The third-order valence-corrected chi connectivity index (χ3v) is 11.3. The number of carbonyl (C=O) groups is 1. The molecule has 5 aromatic rings. The molecule has 1 saturated heterocycles. The average molecular weight is 735 g/mol. The molecule has 5 heterocycles. The number of allylic oxidation sites excluding steroid dienone is 1. The van der Waals surface area contributed by atoms with Crippen LogP contribution in [0.5, 0.6) is 5.88 Å². The summed E-state index contributed by atoms with van der Waals surface area (Å²) in [6, 6.07) is 16.2. The van der Waals surface area contributed by atoms with Gasteiger partial charge in [-0.3, -0.25) is 4.90 Å². The molecule has 14 heteroatoms. The maximum absolute atomic E-state index is 14.3. The number of thiazole rings is 1. The van der Waals surface area contributed by atoms with Crippen LogP contribution >= 0.6 is 39.0 Å². The van der Waals surface area contributed by atoms with E-state index < -0.39 is 5.82 Å². The molecule has 0 aliphatic carbocycles. The molecule has 7 rings (SSSR count). The van der Waals surface area contributed by atoms with Crippen LogP contribution in [0.15, 0.2) is 58.0 Å². The van der Waals surface area contributed by atoms with E-state index in [0.717, 1.165) is 59.0 Å². The van der Waals surface area contributed by atoms with Gasteiger partial charge in [0.15, 0.2) is 5.82 Å². The van der Waals surface area contributed by atoms with Gasteiger partial charge in [-0.25, -0.2) is 24.1 Å². The van der Waals surface area contributed by atoms with Crippen LogP contribution in [0, 0.1) is 17.1 Å². The lowest BCUT2D eigenvalue weighted by atomic mass is 9.93. The fraction of sp³-hybridized carbons (Fsp3) is 0.303. The van der Waals surface area contributed by atoms with Crippen LogP contribution < -0.4 is 10.1 Å². The number of nitriles is 1. The number of likely N-dealkylation sites (tertiary alicyclic amines) is 1. The number of esters is 1. The first-order valence-corrected chi connectivity index (χ1v) is 17.6. The summed E-state index contributed by atoms with van der Waals surface area (Å²) in [5.74, 6) is 1.68. The van der Waals surface area contributed by atoms with Crippen LogP contribution in [0.4, 0.5) is 4.39 Å². The quantitative estimate of drug-likeness (QED) is 0.130. The number of carbonyl (C=O) groups excluding carboxylic acids is 1. The fourth-order valence-corrected chi connectivity index (χ4v) is 8.48. The van der Waals surface area contributed by atoms with E-state index in [-0.39, 0.29) is 23.7 Å². The third kappa shape index (κ3) is 6.71. The molecular weight excluding hydrogens is 705 g/mol. The number of methoxy groups -OCH3 is 1. The molecule has 1 fully saturated rings. The average Bonchev–Trinajstić information content (AvgIpc) is 3.80. The number of imidazole rings is 1. The Morgan fingerprint density at radius 2 is 2.00 bits per heavy atom. The number of piperidine rings is 1. The van der Waals surface area contributed by atoms with Gasteiger partial charge in [0.25, 0.3) is 0 Å². The van der Waals surface area contributed by atoms with Crippen molar-refractivity contribution < 1.29 is 18.7 Å². The van der Waals surface area contributed by atoms with Crippen LogP contribution in [-0.4, -0.2) is 56.5 Å². The number of thioether (sulfide) groups is 1. The zero-order chi connectivity index (χ0) is 32.5. The van der Waals surface area contributed by atoms with Gasteiger partial charge in [0.1, 0.15) is 23.0 Å². The second kappa shape index (κ2) is 13.6. The molecule has 0 amide bonds. The van der Waals surface area contributed by atoms with Crippen LogP contribution in [0.25, 0.3) is 21.3 Å². The van der Waals surface area contributed by atoms with Crippen molar-refractivity contribution in [3.05, 3.63) is 91.5 Å². The smallest absolute Gasteiger partial charge is 0.337 e. The van der Waals surface area contributed by atoms with Crippen molar-refractivity contribution in [2.24, 2.45) is 0 Å². The lowest BCUT2D eigenvalue weighted by Gasteiger charge is -2.31. The minimum absolute atomic E-state index is 0.166. The Kier molecular flexibility index (Phi) is 9.13. The highest BCUT2D eigenvalue weighted by atomic mass is 79.9. The van der Waals surface area contributed by atoms with E-state index in [1.807, 2.05) is 36.4 Å². The minimum atomic E-state index is -0.506. The standard InChI is InChI=1S/C33H29BrFN7O3S2/c1-44-33(43)21-5-6-24-25(13-21)42(15-27-32(34)37-18-46-27)28(38-24)16-41-9-7-20(8-10-41)23-3-2-4-29(39-23)45-17-30-40-31-22(35)11-19(14-36)12-26(31)47-30/h2-6,11-13,20,37H,7-10,15-18H2,1H3. The van der Waals surface area contributed by atoms with Crippen LogP contribution in [0.1, 0.15) is 51.2 Å². The summed E-state index contributed by atoms with van der Waals surface area (Å²) in [5.41, 5.74) is 3.76. The van der Waals surface area contributed by atoms with Gasteiger partial charge in [0, 0.05) is 22.6 Å². The van der Waals surface area contributed by atoms with Crippen molar-refractivity contribution in [2.45, 2.75) is 38.5 Å². The van der Waals surface area contributed by atoms with E-state index in [1.165, 1.54) is 29.4 Å². The molecule has 0 spiro atoms. The molecule has 2 aromatic carbocycles. The van der Waals surface area contributed by atoms with Gasteiger partial charge in [-0.2, -0.15) is 5.26 Å². The lowest BCUT2D eigenvalue weighted by molar-refractivity contribution is 0.0601. The van der Waals surface area contributed by atoms with Gasteiger partial charge < -0.3 is 19.4 Å². The second-order valence-electron chi connectivity index (χ2n) is 11.3. The van der Waals surface area contributed by atoms with Crippen molar-refractivity contribution in [2.75, 3.05) is 26.1 Å². The number of fused-ring (bicyclic) bond motifs is 2. The molecule has 0 atom stereocenters. The molecule has 3 aromatic heterocycles. The van der Waals surface area contributed by atoms with Crippen LogP contribution in [-0.2, 0) is 24.4 Å². The summed E-state index contributed by atoms with van der Waals surface area (Å²) in [7, 11) is 1.39. The van der Waals surface area contributed by atoms with E-state index in [0.29, 0.717) is 40.2 Å². The number of ether oxygens (including phenoxy) is 2. The highest BCUT2D eigenvalue weighted by molar-refractivity contribution is 9.11. The number of rotatable bonds is 9. The summed E-state index contributed by atoms with van der Waals surface area (Å²) in [4.78, 5) is 30.1. The molecule has 0 radical (unpaired) electrons. The van der Waals surface area contributed by atoms with Crippen molar-refractivity contribution in [1.29, 1.82) is 5.26 Å². The van der Waals surface area contributed by atoms with Crippen molar-refractivity contribution in [1.82, 2.24) is 29.7 Å². The lowest BCUT2D eigenvalue weighted by Crippen LogP contribution is -2.33. The first kappa shape index (κ1) is 31.6. The molecule has 240 valence electrons. The Hall–Kier alpha value is -4.03. The maximum Gasteiger partial charge on any atom is 0.337 e. The third-order valence-electron chi connectivity index (χ3n) is 8.35. The Bertz CT molecular complexity index is 2070. The zero-order valence-electron chi connectivity index (χ0n) is 25.3. The summed E-state index contributed by atoms with van der Waals surface area (Å²) < 4.78 is 29.1. The van der Waals surface area contributed by atoms with Gasteiger partial charge in [0.05, 0.1) is 63.6 Å². The van der Waals surface area contributed by atoms with Gasteiger partial charge in [-0.1, -0.05) is 6.07 Å². The first-order chi connectivity index (χ1) is 22.9. The van der Waals surface area contributed by atoms with Gasteiger partial charge >= 0.3 is 5.97 Å². The number of pyridine rings is 1. The van der Waals surface area contributed by atoms with E-state index in [1.54, 1.807) is 23.9 Å². The first-order valence-electron chi connectivity index (χ1n) is 15.0. The summed E-state index contributed by atoms with van der Waals surface area (Å²) in [6.07, 6.45) is 1.88. The van der Waals surface area contributed by atoms with Crippen LogP contribution in [0.3, 0.4) is 0 Å². The summed E-state index contributed by atoms with van der Waals surface area (Å²) >= 11 is 6.71. The van der Waals surface area contributed by atoms with Crippen LogP contribution in [0.2, 0.25) is 0 Å². The number of hydrogen-bond acceptors (Lipinski definition) is 11. The molecule has 47 heavy (non-hydrogen) atoms. The van der Waals surface area contributed by atoms with Gasteiger partial charge in [-0.05, 0) is 78.3 Å². The van der Waals surface area contributed by atoms with E-state index in [9.17, 15) is 9.18 Å². The molecule has 2 aliphatic rings. The summed E-state index contributed by atoms with van der Waals surface area (Å²) in [5, 5.41) is 13.1. The molecular formula is C33H29BrFN7O3S2. The van der Waals surface area contributed by atoms with Crippen molar-refractivity contribution >= 4 is 66.2 Å². The zero-order valence-corrected chi connectivity index (χ0v) is 28.6. The molecule has 0 saturated carbocycles. The number of halogens is 2. The predicted octanol–water partition coefficient (Wildman–Crippen LogP) is 6.65. The Labute approximate surface area is 286 Å². The number of nitrogens with one attached hydrogen (secondary N) is 1. The number of aromatic nitrogens is 4. The Morgan fingerprint density at radius 1 is 1.15 bits per heavy atom. The monoisotopic (exact) mass is 733 g/mol. The minimum Gasteiger partial charge on any atom is -0.470 e. The fourth-order valence-electron chi connectivity index (χ4n) is 5.94. The summed E-state index contributed by atoms with van der Waals surface area (Å²) in [6.45, 7) is 3.28. The number of hydrogen-bond donors (Lipinski definition) is 1. The van der Waals surface area contributed by atoms with E-state index in [2.05, 4.69) is 35.7 Å². The van der Waals surface area contributed by atoms with E-state index in [4.69, 9.17) is 24.7 Å². The molecule has 0 unspecified atom stereocenters. The topological polar surface area (TPSA) is 118 Å². The molecule has 10 nitrogen and oxygen atoms in total. The Balaban J connectivity index is 1.02.